The number of fused-ring (bicyclic) bond motifs is 1. The maximum atomic E-state index is 13.4. The number of carbonyl (C=O) groups is 2. The molecular weight excluding hydrogens is 392 g/mol. The van der Waals surface area contributed by atoms with Gasteiger partial charge in [-0.25, -0.2) is 4.79 Å². The zero-order valence-electron chi connectivity index (χ0n) is 18.0. The molecular formula is C24H28N4O3. The molecule has 31 heavy (non-hydrogen) atoms. The number of amides is 2. The van der Waals surface area contributed by atoms with Gasteiger partial charge in [0.2, 0.25) is 0 Å². The van der Waals surface area contributed by atoms with E-state index in [2.05, 4.69) is 11.9 Å². The molecule has 2 heterocycles. The zero-order chi connectivity index (χ0) is 22.0. The third-order valence-electron chi connectivity index (χ3n) is 6.09. The lowest BCUT2D eigenvalue weighted by Crippen LogP contribution is -2.49. The van der Waals surface area contributed by atoms with E-state index in [9.17, 15) is 14.4 Å². The summed E-state index contributed by atoms with van der Waals surface area (Å²) >= 11 is 0. The van der Waals surface area contributed by atoms with Crippen LogP contribution in [0.5, 0.6) is 0 Å². The third kappa shape index (κ3) is 4.13. The number of likely N-dealkylation sites (tertiary alicyclic amines) is 1. The highest BCUT2D eigenvalue weighted by molar-refractivity contribution is 5.97. The molecule has 0 atom stereocenters. The van der Waals surface area contributed by atoms with Crippen molar-refractivity contribution in [3.8, 4) is 0 Å². The van der Waals surface area contributed by atoms with Gasteiger partial charge in [-0.15, -0.1) is 0 Å². The molecule has 0 saturated carbocycles. The Kier molecular flexibility index (Phi) is 5.93. The molecule has 1 fully saturated rings. The normalized spacial score (nSPS) is 14.7. The van der Waals surface area contributed by atoms with E-state index in [0.717, 1.165) is 24.8 Å². The first-order valence-corrected chi connectivity index (χ1v) is 10.8. The Bertz CT molecular complexity index is 1140. The summed E-state index contributed by atoms with van der Waals surface area (Å²) in [5.41, 5.74) is 2.52. The number of rotatable bonds is 5. The second-order valence-electron chi connectivity index (χ2n) is 8.11. The highest BCUT2D eigenvalue weighted by Gasteiger charge is 2.30. The minimum absolute atomic E-state index is 0.0266. The summed E-state index contributed by atoms with van der Waals surface area (Å²) in [4.78, 5) is 44.6. The van der Waals surface area contributed by atoms with Gasteiger partial charge in [0.05, 0.1) is 11.0 Å². The predicted molar refractivity (Wildman–Crippen MR) is 120 cm³/mol. The number of aromatic nitrogens is 2. The third-order valence-corrected chi connectivity index (χ3v) is 6.09. The average Bonchev–Trinajstić information content (AvgIpc) is 3.10. The Morgan fingerprint density at radius 1 is 1.06 bits per heavy atom. The standard InChI is InChI=1S/C24H28N4O3/c1-3-13-28(23(30)18-9-10-21-20(16-18)25-24(31)26(21)2)19-11-14-27(15-12-19)22(29)17-7-5-4-6-8-17/h4-10,16,19H,3,11-15H2,1-2H3,(H,25,31). The number of carbonyl (C=O) groups excluding carboxylic acids is 2. The number of aromatic amines is 1. The molecule has 0 spiro atoms. The SMILES string of the molecule is CCCN(C(=O)c1ccc2c(c1)[nH]c(=O)n2C)C1CCN(C(=O)c2ccccc2)CC1. The van der Waals surface area contributed by atoms with Gasteiger partial charge in [-0.1, -0.05) is 25.1 Å². The topological polar surface area (TPSA) is 78.4 Å². The molecule has 2 amide bonds. The van der Waals surface area contributed by atoms with Crippen molar-refractivity contribution in [1.82, 2.24) is 19.4 Å². The molecule has 0 aliphatic carbocycles. The van der Waals surface area contributed by atoms with Crippen molar-refractivity contribution in [3.63, 3.8) is 0 Å². The molecule has 1 aromatic heterocycles. The fraction of sp³-hybridized carbons (Fsp3) is 0.375. The van der Waals surface area contributed by atoms with E-state index in [0.29, 0.717) is 36.3 Å². The predicted octanol–water partition coefficient (Wildman–Crippen LogP) is 3.02. The number of aryl methyl sites for hydroxylation is 1. The van der Waals surface area contributed by atoms with Crippen LogP contribution in [0, 0.1) is 0 Å². The first-order valence-electron chi connectivity index (χ1n) is 10.8. The van der Waals surface area contributed by atoms with Crippen molar-refractivity contribution in [2.45, 2.75) is 32.2 Å². The van der Waals surface area contributed by atoms with Crippen molar-refractivity contribution in [1.29, 1.82) is 0 Å². The highest BCUT2D eigenvalue weighted by Crippen LogP contribution is 2.22. The van der Waals surface area contributed by atoms with Crippen LogP contribution in [0.1, 0.15) is 46.9 Å². The molecule has 0 bridgehead atoms. The van der Waals surface area contributed by atoms with Crippen molar-refractivity contribution in [2.24, 2.45) is 7.05 Å². The zero-order valence-corrected chi connectivity index (χ0v) is 18.0. The summed E-state index contributed by atoms with van der Waals surface area (Å²) in [7, 11) is 1.70. The van der Waals surface area contributed by atoms with E-state index in [1.54, 1.807) is 19.2 Å². The number of hydrogen-bond donors (Lipinski definition) is 1. The first kappa shape index (κ1) is 20.9. The molecule has 4 rings (SSSR count). The molecule has 0 radical (unpaired) electrons. The summed E-state index contributed by atoms with van der Waals surface area (Å²) in [6.07, 6.45) is 2.38. The van der Waals surface area contributed by atoms with E-state index in [1.807, 2.05) is 46.2 Å². The summed E-state index contributed by atoms with van der Waals surface area (Å²) in [6, 6.07) is 14.8. The van der Waals surface area contributed by atoms with Gasteiger partial charge in [-0.2, -0.15) is 0 Å². The molecule has 162 valence electrons. The Hall–Kier alpha value is -3.35. The van der Waals surface area contributed by atoms with Crippen LogP contribution in [0.2, 0.25) is 0 Å². The van der Waals surface area contributed by atoms with Gasteiger partial charge in [0.1, 0.15) is 0 Å². The molecule has 1 N–H and O–H groups in total. The van der Waals surface area contributed by atoms with Gasteiger partial charge in [0, 0.05) is 43.9 Å². The van der Waals surface area contributed by atoms with Crippen LogP contribution in [-0.4, -0.2) is 56.8 Å². The van der Waals surface area contributed by atoms with Crippen LogP contribution >= 0.6 is 0 Å². The molecule has 3 aromatic rings. The lowest BCUT2D eigenvalue weighted by atomic mass is 10.0. The lowest BCUT2D eigenvalue weighted by Gasteiger charge is -2.38. The van der Waals surface area contributed by atoms with Crippen LogP contribution < -0.4 is 5.69 Å². The van der Waals surface area contributed by atoms with Crippen molar-refractivity contribution in [3.05, 3.63) is 70.1 Å². The summed E-state index contributed by atoms with van der Waals surface area (Å²) in [5, 5.41) is 0. The van der Waals surface area contributed by atoms with Gasteiger partial charge in [-0.05, 0) is 49.6 Å². The number of imidazole rings is 1. The molecule has 2 aromatic carbocycles. The van der Waals surface area contributed by atoms with Crippen LogP contribution in [0.15, 0.2) is 53.3 Å². The maximum Gasteiger partial charge on any atom is 0.326 e. The Morgan fingerprint density at radius 3 is 2.45 bits per heavy atom. The molecule has 7 nitrogen and oxygen atoms in total. The van der Waals surface area contributed by atoms with Gasteiger partial charge >= 0.3 is 5.69 Å². The lowest BCUT2D eigenvalue weighted by molar-refractivity contribution is 0.0519. The van der Waals surface area contributed by atoms with Gasteiger partial charge in [-0.3, -0.25) is 14.2 Å². The second-order valence-corrected chi connectivity index (χ2v) is 8.11. The number of nitrogens with zero attached hydrogens (tertiary/aromatic N) is 3. The minimum atomic E-state index is -0.194. The van der Waals surface area contributed by atoms with Crippen LogP contribution in [0.3, 0.4) is 0 Å². The highest BCUT2D eigenvalue weighted by atomic mass is 16.2. The summed E-state index contributed by atoms with van der Waals surface area (Å²) < 4.78 is 1.53. The molecule has 1 aliphatic heterocycles. The number of hydrogen-bond acceptors (Lipinski definition) is 3. The number of benzene rings is 2. The Labute approximate surface area is 181 Å². The monoisotopic (exact) mass is 420 g/mol. The summed E-state index contributed by atoms with van der Waals surface area (Å²) in [5.74, 6) is 0.0205. The van der Waals surface area contributed by atoms with E-state index in [4.69, 9.17) is 0 Å². The van der Waals surface area contributed by atoms with E-state index in [1.165, 1.54) is 4.57 Å². The summed E-state index contributed by atoms with van der Waals surface area (Å²) in [6.45, 7) is 4.00. The van der Waals surface area contributed by atoms with Crippen molar-refractivity contribution in [2.75, 3.05) is 19.6 Å². The Morgan fingerprint density at radius 2 is 1.77 bits per heavy atom. The van der Waals surface area contributed by atoms with Gasteiger partial charge < -0.3 is 14.8 Å². The van der Waals surface area contributed by atoms with Crippen LogP contribution in [0.4, 0.5) is 0 Å². The minimum Gasteiger partial charge on any atom is -0.338 e. The van der Waals surface area contributed by atoms with E-state index < -0.39 is 0 Å². The van der Waals surface area contributed by atoms with Crippen LogP contribution in [0.25, 0.3) is 11.0 Å². The number of piperidine rings is 1. The Balaban J connectivity index is 1.48. The number of H-pyrrole nitrogens is 1. The molecule has 0 unspecified atom stereocenters. The van der Waals surface area contributed by atoms with Gasteiger partial charge in [0.15, 0.2) is 0 Å². The molecule has 1 aliphatic rings. The smallest absolute Gasteiger partial charge is 0.326 e. The maximum absolute atomic E-state index is 13.4. The number of nitrogens with one attached hydrogen (secondary N) is 1. The van der Waals surface area contributed by atoms with Crippen molar-refractivity contribution < 1.29 is 9.59 Å². The average molecular weight is 421 g/mol. The van der Waals surface area contributed by atoms with Crippen molar-refractivity contribution >= 4 is 22.8 Å². The van der Waals surface area contributed by atoms with Gasteiger partial charge in [0.25, 0.3) is 11.8 Å². The largest absolute Gasteiger partial charge is 0.338 e. The van der Waals surface area contributed by atoms with E-state index >= 15 is 0 Å². The fourth-order valence-electron chi connectivity index (χ4n) is 4.37. The molecule has 7 heteroatoms. The fourth-order valence-corrected chi connectivity index (χ4v) is 4.37. The quantitative estimate of drug-likeness (QED) is 0.689. The first-order chi connectivity index (χ1) is 15.0. The second kappa shape index (κ2) is 8.79. The van der Waals surface area contributed by atoms with Crippen LogP contribution in [-0.2, 0) is 7.05 Å². The molecule has 1 saturated heterocycles. The van der Waals surface area contributed by atoms with E-state index in [-0.39, 0.29) is 23.5 Å².